The third-order valence-electron chi connectivity index (χ3n) is 0.868. The molecule has 0 aliphatic heterocycles. The SMILES string of the molecule is CCCCOCC(=O)O.CCO. The predicted molar refractivity (Wildman–Crippen MR) is 46.1 cm³/mol. The summed E-state index contributed by atoms with van der Waals surface area (Å²) in [5.41, 5.74) is 0. The first-order valence-corrected chi connectivity index (χ1v) is 4.09. The lowest BCUT2D eigenvalue weighted by Gasteiger charge is -1.96. The number of hydrogen-bond acceptors (Lipinski definition) is 3. The van der Waals surface area contributed by atoms with Gasteiger partial charge in [-0.15, -0.1) is 0 Å². The van der Waals surface area contributed by atoms with Crippen LogP contribution in [-0.4, -0.2) is 36.0 Å². The first-order chi connectivity index (χ1) is 5.68. The molecule has 0 saturated carbocycles. The largest absolute Gasteiger partial charge is 0.480 e. The number of aliphatic carboxylic acids is 1. The summed E-state index contributed by atoms with van der Waals surface area (Å²) in [4.78, 5) is 9.84. The molecule has 2 N–H and O–H groups in total. The first kappa shape index (κ1) is 13.9. The van der Waals surface area contributed by atoms with Gasteiger partial charge in [0.1, 0.15) is 6.61 Å². The summed E-state index contributed by atoms with van der Waals surface area (Å²) in [6, 6.07) is 0. The topological polar surface area (TPSA) is 66.8 Å². The van der Waals surface area contributed by atoms with E-state index < -0.39 is 5.97 Å². The number of aliphatic hydroxyl groups is 1. The van der Waals surface area contributed by atoms with Crippen molar-refractivity contribution in [2.45, 2.75) is 26.7 Å². The maximum absolute atomic E-state index is 9.84. The van der Waals surface area contributed by atoms with E-state index in [1.807, 2.05) is 6.92 Å². The average molecular weight is 178 g/mol. The molecular weight excluding hydrogens is 160 g/mol. The fourth-order valence-electron chi connectivity index (χ4n) is 0.406. The Morgan fingerprint density at radius 2 is 1.92 bits per heavy atom. The van der Waals surface area contributed by atoms with E-state index in [9.17, 15) is 4.79 Å². The van der Waals surface area contributed by atoms with E-state index >= 15 is 0 Å². The molecule has 4 nitrogen and oxygen atoms in total. The van der Waals surface area contributed by atoms with Gasteiger partial charge in [0, 0.05) is 13.2 Å². The van der Waals surface area contributed by atoms with Crippen LogP contribution in [0.5, 0.6) is 0 Å². The second kappa shape index (κ2) is 13.0. The molecule has 4 heteroatoms. The molecule has 0 saturated heterocycles. The van der Waals surface area contributed by atoms with Crippen LogP contribution in [0.2, 0.25) is 0 Å². The number of carboxylic acids is 1. The van der Waals surface area contributed by atoms with Gasteiger partial charge in [-0.3, -0.25) is 0 Å². The summed E-state index contributed by atoms with van der Waals surface area (Å²) < 4.78 is 4.74. The maximum atomic E-state index is 9.84. The zero-order valence-electron chi connectivity index (χ0n) is 7.75. The Balaban J connectivity index is 0. The lowest BCUT2D eigenvalue weighted by Crippen LogP contribution is -2.07. The number of hydrogen-bond donors (Lipinski definition) is 2. The third-order valence-corrected chi connectivity index (χ3v) is 0.868. The van der Waals surface area contributed by atoms with E-state index in [1.165, 1.54) is 0 Å². The molecule has 0 atom stereocenters. The number of ether oxygens (including phenoxy) is 1. The molecule has 74 valence electrons. The standard InChI is InChI=1S/C6H12O3.C2H6O/c1-2-3-4-9-5-6(7)8;1-2-3/h2-5H2,1H3,(H,7,8);3H,2H2,1H3. The average Bonchev–Trinajstić information content (AvgIpc) is 1.99. The highest BCUT2D eigenvalue weighted by atomic mass is 16.5. The van der Waals surface area contributed by atoms with Gasteiger partial charge in [-0.1, -0.05) is 13.3 Å². The Bertz CT molecular complexity index is 93.1. The number of carbonyl (C=O) groups is 1. The molecule has 0 heterocycles. The quantitative estimate of drug-likeness (QED) is 0.613. The van der Waals surface area contributed by atoms with Crippen LogP contribution >= 0.6 is 0 Å². The molecule has 0 aliphatic rings. The molecule has 0 aromatic rings. The molecule has 0 aromatic heterocycles. The van der Waals surface area contributed by atoms with Crippen molar-refractivity contribution in [1.82, 2.24) is 0 Å². The fourth-order valence-corrected chi connectivity index (χ4v) is 0.406. The van der Waals surface area contributed by atoms with E-state index in [-0.39, 0.29) is 13.2 Å². The molecular formula is C8H18O4. The highest BCUT2D eigenvalue weighted by molar-refractivity contribution is 5.67. The van der Waals surface area contributed by atoms with Gasteiger partial charge >= 0.3 is 5.97 Å². The van der Waals surface area contributed by atoms with Crippen molar-refractivity contribution < 1.29 is 19.7 Å². The van der Waals surface area contributed by atoms with E-state index in [0.29, 0.717) is 6.61 Å². The summed E-state index contributed by atoms with van der Waals surface area (Å²) >= 11 is 0. The number of carboxylic acid groups (broad SMARTS) is 1. The van der Waals surface area contributed by atoms with Crippen molar-refractivity contribution in [3.05, 3.63) is 0 Å². The van der Waals surface area contributed by atoms with Crippen molar-refractivity contribution in [2.75, 3.05) is 19.8 Å². The Labute approximate surface area is 73.2 Å². The minimum atomic E-state index is -0.897. The summed E-state index contributed by atoms with van der Waals surface area (Å²) in [7, 11) is 0. The lowest BCUT2D eigenvalue weighted by molar-refractivity contribution is -0.142. The van der Waals surface area contributed by atoms with Gasteiger partial charge < -0.3 is 14.9 Å². The smallest absolute Gasteiger partial charge is 0.329 e. The molecule has 0 fully saturated rings. The zero-order chi connectivity index (χ0) is 9.82. The predicted octanol–water partition coefficient (Wildman–Crippen LogP) is 0.886. The van der Waals surface area contributed by atoms with Gasteiger partial charge in [-0.2, -0.15) is 0 Å². The van der Waals surface area contributed by atoms with Crippen molar-refractivity contribution in [1.29, 1.82) is 0 Å². The molecule has 12 heavy (non-hydrogen) atoms. The van der Waals surface area contributed by atoms with Crippen molar-refractivity contribution in [3.63, 3.8) is 0 Å². The Kier molecular flexibility index (Phi) is 15.1. The van der Waals surface area contributed by atoms with Gasteiger partial charge in [0.2, 0.25) is 0 Å². The summed E-state index contributed by atoms with van der Waals surface area (Å²) in [5, 5.41) is 15.7. The van der Waals surface area contributed by atoms with E-state index in [1.54, 1.807) is 6.92 Å². The van der Waals surface area contributed by atoms with Crippen LogP contribution in [0, 0.1) is 0 Å². The molecule has 0 aliphatic carbocycles. The Morgan fingerprint density at radius 1 is 1.42 bits per heavy atom. The van der Waals surface area contributed by atoms with Gasteiger partial charge in [0.05, 0.1) is 0 Å². The number of aliphatic hydroxyl groups excluding tert-OH is 1. The summed E-state index contributed by atoms with van der Waals surface area (Å²) in [6.45, 7) is 4.35. The lowest BCUT2D eigenvalue weighted by atomic mass is 10.4. The van der Waals surface area contributed by atoms with Gasteiger partial charge in [0.15, 0.2) is 0 Å². The second-order valence-corrected chi connectivity index (χ2v) is 2.12. The molecule has 0 aromatic carbocycles. The summed E-state index contributed by atoms with van der Waals surface area (Å²) in [5.74, 6) is -0.897. The van der Waals surface area contributed by atoms with Gasteiger partial charge in [0.25, 0.3) is 0 Å². The van der Waals surface area contributed by atoms with Gasteiger partial charge in [-0.25, -0.2) is 4.79 Å². The van der Waals surface area contributed by atoms with Crippen molar-refractivity contribution >= 4 is 5.97 Å². The van der Waals surface area contributed by atoms with E-state index in [4.69, 9.17) is 14.9 Å². The molecule has 0 spiro atoms. The number of unbranched alkanes of at least 4 members (excludes halogenated alkanes) is 1. The molecule has 0 rings (SSSR count). The van der Waals surface area contributed by atoms with Crippen molar-refractivity contribution in [2.24, 2.45) is 0 Å². The van der Waals surface area contributed by atoms with Crippen LogP contribution in [0.4, 0.5) is 0 Å². The zero-order valence-corrected chi connectivity index (χ0v) is 7.75. The van der Waals surface area contributed by atoms with Crippen LogP contribution in [0.25, 0.3) is 0 Å². The Hall–Kier alpha value is -0.610. The van der Waals surface area contributed by atoms with E-state index in [0.717, 1.165) is 12.8 Å². The van der Waals surface area contributed by atoms with Crippen LogP contribution in [0.1, 0.15) is 26.7 Å². The minimum Gasteiger partial charge on any atom is -0.480 e. The van der Waals surface area contributed by atoms with Crippen LogP contribution in [0.15, 0.2) is 0 Å². The Morgan fingerprint density at radius 3 is 2.25 bits per heavy atom. The second-order valence-electron chi connectivity index (χ2n) is 2.12. The molecule has 0 unspecified atom stereocenters. The molecule has 0 bridgehead atoms. The molecule has 0 radical (unpaired) electrons. The number of rotatable bonds is 5. The van der Waals surface area contributed by atoms with Crippen LogP contribution < -0.4 is 0 Å². The van der Waals surface area contributed by atoms with Crippen LogP contribution in [0.3, 0.4) is 0 Å². The van der Waals surface area contributed by atoms with Crippen LogP contribution in [-0.2, 0) is 9.53 Å². The minimum absolute atomic E-state index is 0.167. The van der Waals surface area contributed by atoms with Gasteiger partial charge in [-0.05, 0) is 13.3 Å². The fraction of sp³-hybridized carbons (Fsp3) is 0.875. The highest BCUT2D eigenvalue weighted by Gasteiger charge is 1.93. The normalized spacial score (nSPS) is 8.58. The molecule has 0 amide bonds. The monoisotopic (exact) mass is 178 g/mol. The highest BCUT2D eigenvalue weighted by Crippen LogP contribution is 1.86. The van der Waals surface area contributed by atoms with Crippen molar-refractivity contribution in [3.8, 4) is 0 Å². The summed E-state index contributed by atoms with van der Waals surface area (Å²) in [6.07, 6.45) is 1.98. The third kappa shape index (κ3) is 22.8. The van der Waals surface area contributed by atoms with E-state index in [2.05, 4.69) is 0 Å². The maximum Gasteiger partial charge on any atom is 0.329 e. The first-order valence-electron chi connectivity index (χ1n) is 4.09.